The fourth-order valence-electron chi connectivity index (χ4n) is 2.96. The van der Waals surface area contributed by atoms with Gasteiger partial charge in [0.25, 0.3) is 5.91 Å². The van der Waals surface area contributed by atoms with Gasteiger partial charge in [0.15, 0.2) is 6.61 Å². The maximum absolute atomic E-state index is 12.4. The molecule has 0 aliphatic heterocycles. The van der Waals surface area contributed by atoms with Crippen molar-refractivity contribution < 1.29 is 22.7 Å². The van der Waals surface area contributed by atoms with Crippen molar-refractivity contribution in [3.8, 4) is 0 Å². The van der Waals surface area contributed by atoms with Gasteiger partial charge in [0.2, 0.25) is 10.0 Å². The van der Waals surface area contributed by atoms with Crippen LogP contribution < -0.4 is 10.0 Å². The molecule has 3 rings (SSSR count). The molecule has 0 fully saturated rings. The standard InChI is InChI=1S/C22H22N2O5S/c1-15-6-5-7-16(2)22(15)24-20(25)14-29-21(26)13-23-30(27,28)19-11-10-17-8-3-4-9-18(17)12-19/h3-12,23H,13-14H2,1-2H3,(H,24,25). The number of carbonyl (C=O) groups excluding carboxylic acids is 2. The minimum atomic E-state index is -3.90. The maximum atomic E-state index is 12.4. The highest BCUT2D eigenvalue weighted by Gasteiger charge is 2.17. The van der Waals surface area contributed by atoms with Crippen molar-refractivity contribution in [2.45, 2.75) is 18.7 Å². The van der Waals surface area contributed by atoms with Crippen LogP contribution in [0.5, 0.6) is 0 Å². The van der Waals surface area contributed by atoms with Gasteiger partial charge >= 0.3 is 5.97 Å². The van der Waals surface area contributed by atoms with Crippen molar-refractivity contribution in [3.05, 3.63) is 71.8 Å². The third-order valence-electron chi connectivity index (χ3n) is 4.55. The molecule has 0 saturated carbocycles. The normalized spacial score (nSPS) is 11.3. The second-order valence-corrected chi connectivity index (χ2v) is 8.58. The Hall–Kier alpha value is -3.23. The molecule has 1 amide bonds. The number of fused-ring (bicyclic) bond motifs is 1. The quantitative estimate of drug-likeness (QED) is 0.566. The highest BCUT2D eigenvalue weighted by Crippen LogP contribution is 2.20. The molecule has 0 unspecified atom stereocenters. The number of aryl methyl sites for hydroxylation is 2. The van der Waals surface area contributed by atoms with Crippen LogP contribution >= 0.6 is 0 Å². The Kier molecular flexibility index (Phi) is 6.49. The van der Waals surface area contributed by atoms with Crippen molar-refractivity contribution >= 4 is 38.4 Å². The summed E-state index contributed by atoms with van der Waals surface area (Å²) in [4.78, 5) is 24.0. The zero-order chi connectivity index (χ0) is 21.7. The molecule has 0 saturated heterocycles. The van der Waals surface area contributed by atoms with Crippen molar-refractivity contribution in [1.82, 2.24) is 4.72 Å². The van der Waals surface area contributed by atoms with Gasteiger partial charge in [-0.3, -0.25) is 9.59 Å². The second-order valence-electron chi connectivity index (χ2n) is 6.81. The molecule has 0 aromatic heterocycles. The minimum Gasteiger partial charge on any atom is -0.455 e. The highest BCUT2D eigenvalue weighted by molar-refractivity contribution is 7.89. The molecule has 8 heteroatoms. The molecule has 0 radical (unpaired) electrons. The van der Waals surface area contributed by atoms with E-state index < -0.39 is 35.1 Å². The molecule has 0 spiro atoms. The molecular formula is C22H22N2O5S. The molecule has 0 aliphatic carbocycles. The monoisotopic (exact) mass is 426 g/mol. The summed E-state index contributed by atoms with van der Waals surface area (Å²) in [5, 5.41) is 4.37. The zero-order valence-corrected chi connectivity index (χ0v) is 17.5. The number of nitrogens with one attached hydrogen (secondary N) is 2. The van der Waals surface area contributed by atoms with Crippen LogP contribution in [0.15, 0.2) is 65.6 Å². The Labute approximate surface area is 175 Å². The lowest BCUT2D eigenvalue weighted by Gasteiger charge is -2.12. The van der Waals surface area contributed by atoms with Crippen LogP contribution in [0.1, 0.15) is 11.1 Å². The van der Waals surface area contributed by atoms with Crippen molar-refractivity contribution in [2.24, 2.45) is 0 Å². The topological polar surface area (TPSA) is 102 Å². The van der Waals surface area contributed by atoms with Gasteiger partial charge in [0.1, 0.15) is 6.54 Å². The first kappa shape index (κ1) is 21.5. The summed E-state index contributed by atoms with van der Waals surface area (Å²) < 4.78 is 31.9. The smallest absolute Gasteiger partial charge is 0.321 e. The van der Waals surface area contributed by atoms with E-state index in [2.05, 4.69) is 10.0 Å². The molecule has 2 N–H and O–H groups in total. The molecule has 0 bridgehead atoms. The van der Waals surface area contributed by atoms with Gasteiger partial charge in [0.05, 0.1) is 4.90 Å². The number of sulfonamides is 1. The van der Waals surface area contributed by atoms with Gasteiger partial charge in [0, 0.05) is 5.69 Å². The maximum Gasteiger partial charge on any atom is 0.321 e. The number of rotatable bonds is 7. The predicted octanol–water partition coefficient (Wildman–Crippen LogP) is 2.92. The van der Waals surface area contributed by atoms with E-state index in [9.17, 15) is 18.0 Å². The number of amides is 1. The first-order chi connectivity index (χ1) is 14.3. The fraction of sp³-hybridized carbons (Fsp3) is 0.182. The lowest BCUT2D eigenvalue weighted by atomic mass is 10.1. The van der Waals surface area contributed by atoms with E-state index in [1.165, 1.54) is 12.1 Å². The molecule has 7 nitrogen and oxygen atoms in total. The number of anilines is 1. The third-order valence-corrected chi connectivity index (χ3v) is 5.95. The van der Waals surface area contributed by atoms with Gasteiger partial charge in [-0.25, -0.2) is 8.42 Å². The van der Waals surface area contributed by atoms with E-state index in [1.807, 2.05) is 50.2 Å². The van der Waals surface area contributed by atoms with E-state index in [0.717, 1.165) is 21.9 Å². The van der Waals surface area contributed by atoms with Crippen molar-refractivity contribution in [1.29, 1.82) is 0 Å². The number of benzene rings is 3. The summed E-state index contributed by atoms with van der Waals surface area (Å²) in [5.41, 5.74) is 2.44. The van der Waals surface area contributed by atoms with Gasteiger partial charge in [-0.05, 0) is 47.9 Å². The van der Waals surface area contributed by atoms with E-state index in [0.29, 0.717) is 5.69 Å². The average Bonchev–Trinajstić information content (AvgIpc) is 2.73. The highest BCUT2D eigenvalue weighted by atomic mass is 32.2. The van der Waals surface area contributed by atoms with Crippen molar-refractivity contribution in [2.75, 3.05) is 18.5 Å². The molecule has 30 heavy (non-hydrogen) atoms. The molecule has 156 valence electrons. The van der Waals surface area contributed by atoms with Crippen molar-refractivity contribution in [3.63, 3.8) is 0 Å². The Bertz CT molecular complexity index is 1180. The molecular weight excluding hydrogens is 404 g/mol. The van der Waals surface area contributed by atoms with Gasteiger partial charge < -0.3 is 10.1 Å². The Morgan fingerprint density at radius 2 is 1.57 bits per heavy atom. The number of esters is 1. The first-order valence-corrected chi connectivity index (χ1v) is 10.7. The summed E-state index contributed by atoms with van der Waals surface area (Å²) in [6.45, 7) is 2.63. The summed E-state index contributed by atoms with van der Waals surface area (Å²) in [6, 6.07) is 17.6. The molecule has 0 atom stereocenters. The molecule has 0 heterocycles. The van der Waals surface area contributed by atoms with Gasteiger partial charge in [-0.2, -0.15) is 4.72 Å². The number of hydrogen-bond acceptors (Lipinski definition) is 5. The van der Waals surface area contributed by atoms with Crippen LogP contribution in [0.3, 0.4) is 0 Å². The van der Waals surface area contributed by atoms with E-state index in [-0.39, 0.29) is 4.90 Å². The van der Waals surface area contributed by atoms with E-state index >= 15 is 0 Å². The van der Waals surface area contributed by atoms with Gasteiger partial charge in [-0.15, -0.1) is 0 Å². The Balaban J connectivity index is 1.53. The minimum absolute atomic E-state index is 0.0433. The number of para-hydroxylation sites is 1. The van der Waals surface area contributed by atoms with Crippen LogP contribution in [0.4, 0.5) is 5.69 Å². The molecule has 3 aromatic carbocycles. The summed E-state index contributed by atoms with van der Waals surface area (Å²) in [6.07, 6.45) is 0. The summed E-state index contributed by atoms with van der Waals surface area (Å²) in [5.74, 6) is -1.35. The Morgan fingerprint density at radius 1 is 0.900 bits per heavy atom. The Morgan fingerprint density at radius 3 is 2.27 bits per heavy atom. The van der Waals surface area contributed by atoms with Crippen LogP contribution in [0, 0.1) is 13.8 Å². The largest absolute Gasteiger partial charge is 0.455 e. The van der Waals surface area contributed by atoms with Crippen LogP contribution in [0.2, 0.25) is 0 Å². The van der Waals surface area contributed by atoms with Crippen LogP contribution in [0.25, 0.3) is 10.8 Å². The summed E-state index contributed by atoms with van der Waals surface area (Å²) >= 11 is 0. The first-order valence-electron chi connectivity index (χ1n) is 9.26. The number of carbonyl (C=O) groups is 2. The predicted molar refractivity (Wildman–Crippen MR) is 115 cm³/mol. The van der Waals surface area contributed by atoms with E-state index in [4.69, 9.17) is 4.74 Å². The number of hydrogen-bond donors (Lipinski definition) is 2. The number of ether oxygens (including phenoxy) is 1. The molecule has 0 aliphatic rings. The zero-order valence-electron chi connectivity index (χ0n) is 16.6. The lowest BCUT2D eigenvalue weighted by molar-refractivity contribution is -0.146. The second kappa shape index (κ2) is 9.06. The van der Waals surface area contributed by atoms with E-state index in [1.54, 1.807) is 12.1 Å². The average molecular weight is 426 g/mol. The lowest BCUT2D eigenvalue weighted by Crippen LogP contribution is -2.32. The summed E-state index contributed by atoms with van der Waals surface area (Å²) in [7, 11) is -3.90. The third kappa shape index (κ3) is 5.22. The fourth-order valence-corrected chi connectivity index (χ4v) is 3.96. The van der Waals surface area contributed by atoms with Gasteiger partial charge in [-0.1, -0.05) is 48.5 Å². The van der Waals surface area contributed by atoms with Crippen LogP contribution in [-0.2, 0) is 24.3 Å². The SMILES string of the molecule is Cc1cccc(C)c1NC(=O)COC(=O)CNS(=O)(=O)c1ccc2ccccc2c1. The van der Waals surface area contributed by atoms with Crippen LogP contribution in [-0.4, -0.2) is 33.4 Å². The molecule has 3 aromatic rings.